The van der Waals surface area contributed by atoms with Crippen molar-refractivity contribution in [1.29, 1.82) is 0 Å². The van der Waals surface area contributed by atoms with Crippen molar-refractivity contribution in [1.82, 2.24) is 4.90 Å². The van der Waals surface area contributed by atoms with E-state index in [0.29, 0.717) is 15.6 Å². The van der Waals surface area contributed by atoms with Crippen molar-refractivity contribution < 1.29 is 14.6 Å². The molecule has 17 heavy (non-hydrogen) atoms. The van der Waals surface area contributed by atoms with E-state index in [9.17, 15) is 4.79 Å². The van der Waals surface area contributed by atoms with Crippen molar-refractivity contribution in [3.8, 4) is 0 Å². The van der Waals surface area contributed by atoms with Crippen molar-refractivity contribution in [3.63, 3.8) is 0 Å². The lowest BCUT2D eigenvalue weighted by Gasteiger charge is -2.20. The zero-order chi connectivity index (χ0) is 12.4. The fraction of sp³-hybridized carbons (Fsp3) is 0.364. The second-order valence-electron chi connectivity index (χ2n) is 3.74. The number of carbonyl (C=O) groups is 1. The predicted octanol–water partition coefficient (Wildman–Crippen LogP) is 2.31. The van der Waals surface area contributed by atoms with Crippen molar-refractivity contribution in [2.75, 3.05) is 13.2 Å². The molecule has 0 bridgehead atoms. The summed E-state index contributed by atoms with van der Waals surface area (Å²) in [4.78, 5) is 12.9. The summed E-state index contributed by atoms with van der Waals surface area (Å²) in [5.74, 6) is 0. The number of rotatable bonds is 3. The largest absolute Gasteiger partial charge is 0.447 e. The number of nitrogens with zero attached hydrogens (tertiary/aromatic N) is 1. The van der Waals surface area contributed by atoms with Gasteiger partial charge in [-0.2, -0.15) is 0 Å². The lowest BCUT2D eigenvalue weighted by molar-refractivity contribution is 0.151. The Bertz CT molecular complexity index is 418. The minimum Gasteiger partial charge on any atom is -0.447 e. The molecule has 2 rings (SSSR count). The first-order valence-corrected chi connectivity index (χ1v) is 5.86. The third kappa shape index (κ3) is 2.49. The molecule has 0 spiro atoms. The van der Waals surface area contributed by atoms with E-state index in [1.54, 1.807) is 18.2 Å². The number of amides is 1. The molecule has 0 aromatic heterocycles. The SMILES string of the molecule is O=C1OCC(CO)N1Cc1c(Cl)cccc1Cl. The van der Waals surface area contributed by atoms with Gasteiger partial charge in [0.1, 0.15) is 6.61 Å². The van der Waals surface area contributed by atoms with Crippen molar-refractivity contribution in [3.05, 3.63) is 33.8 Å². The van der Waals surface area contributed by atoms with E-state index in [0.717, 1.165) is 0 Å². The van der Waals surface area contributed by atoms with Crippen molar-refractivity contribution in [2.45, 2.75) is 12.6 Å². The molecule has 1 aliphatic rings. The van der Waals surface area contributed by atoms with Crippen LogP contribution in [0, 0.1) is 0 Å². The molecule has 0 aliphatic carbocycles. The second kappa shape index (κ2) is 5.12. The number of aliphatic hydroxyl groups is 1. The summed E-state index contributed by atoms with van der Waals surface area (Å²) in [5, 5.41) is 10.1. The van der Waals surface area contributed by atoms with Gasteiger partial charge in [0.15, 0.2) is 0 Å². The summed E-state index contributed by atoms with van der Waals surface area (Å²) in [6, 6.07) is 4.81. The van der Waals surface area contributed by atoms with Gasteiger partial charge in [0, 0.05) is 15.6 Å². The molecule has 1 fully saturated rings. The number of carbonyl (C=O) groups excluding carboxylic acids is 1. The molecule has 1 N–H and O–H groups in total. The molecule has 1 aromatic rings. The van der Waals surface area contributed by atoms with E-state index >= 15 is 0 Å². The van der Waals surface area contributed by atoms with Gasteiger partial charge in [-0.05, 0) is 12.1 Å². The predicted molar refractivity (Wildman–Crippen MR) is 64.2 cm³/mol. The van der Waals surface area contributed by atoms with Gasteiger partial charge in [0.2, 0.25) is 0 Å². The van der Waals surface area contributed by atoms with Crippen LogP contribution in [0.4, 0.5) is 4.79 Å². The smallest absolute Gasteiger partial charge is 0.410 e. The Labute approximate surface area is 109 Å². The summed E-state index contributed by atoms with van der Waals surface area (Å²) in [6.07, 6.45) is -0.458. The van der Waals surface area contributed by atoms with Gasteiger partial charge in [0.05, 0.1) is 19.2 Å². The highest BCUT2D eigenvalue weighted by atomic mass is 35.5. The van der Waals surface area contributed by atoms with E-state index < -0.39 is 6.09 Å². The van der Waals surface area contributed by atoms with Crippen LogP contribution in [0.2, 0.25) is 10.0 Å². The van der Waals surface area contributed by atoms with Gasteiger partial charge < -0.3 is 9.84 Å². The lowest BCUT2D eigenvalue weighted by Crippen LogP contribution is -2.35. The Morgan fingerprint density at radius 1 is 1.41 bits per heavy atom. The highest BCUT2D eigenvalue weighted by Crippen LogP contribution is 2.27. The minimum absolute atomic E-state index is 0.145. The quantitative estimate of drug-likeness (QED) is 0.921. The van der Waals surface area contributed by atoms with E-state index in [-0.39, 0.29) is 25.8 Å². The Hall–Kier alpha value is -0.970. The number of hydrogen-bond donors (Lipinski definition) is 1. The zero-order valence-electron chi connectivity index (χ0n) is 8.90. The normalized spacial score (nSPS) is 19.6. The van der Waals surface area contributed by atoms with Crippen LogP contribution in [0.5, 0.6) is 0 Å². The highest BCUT2D eigenvalue weighted by Gasteiger charge is 2.33. The van der Waals surface area contributed by atoms with Crippen LogP contribution in [-0.4, -0.2) is 35.4 Å². The highest BCUT2D eigenvalue weighted by molar-refractivity contribution is 6.36. The molecule has 1 aromatic carbocycles. The molecule has 4 nitrogen and oxygen atoms in total. The Morgan fingerprint density at radius 2 is 2.06 bits per heavy atom. The topological polar surface area (TPSA) is 49.8 Å². The van der Waals surface area contributed by atoms with Crippen LogP contribution in [0.1, 0.15) is 5.56 Å². The van der Waals surface area contributed by atoms with Crippen LogP contribution < -0.4 is 0 Å². The first-order valence-electron chi connectivity index (χ1n) is 5.10. The van der Waals surface area contributed by atoms with Crippen LogP contribution in [-0.2, 0) is 11.3 Å². The molecule has 1 saturated heterocycles. The maximum absolute atomic E-state index is 11.5. The fourth-order valence-electron chi connectivity index (χ4n) is 1.69. The molecule has 0 saturated carbocycles. The summed E-state index contributed by atoms with van der Waals surface area (Å²) in [7, 11) is 0. The third-order valence-electron chi connectivity index (χ3n) is 2.68. The molecular formula is C11H11Cl2NO3. The molecule has 1 heterocycles. The maximum atomic E-state index is 11.5. The van der Waals surface area contributed by atoms with E-state index in [1.807, 2.05) is 0 Å². The van der Waals surface area contributed by atoms with Gasteiger partial charge in [-0.15, -0.1) is 0 Å². The maximum Gasteiger partial charge on any atom is 0.410 e. The summed E-state index contributed by atoms with van der Waals surface area (Å²) in [6.45, 7) is 0.285. The average molecular weight is 276 g/mol. The summed E-state index contributed by atoms with van der Waals surface area (Å²) < 4.78 is 4.86. The average Bonchev–Trinajstić information content (AvgIpc) is 2.65. The molecule has 1 unspecified atom stereocenters. The van der Waals surface area contributed by atoms with Gasteiger partial charge in [0.25, 0.3) is 0 Å². The van der Waals surface area contributed by atoms with Gasteiger partial charge in [-0.3, -0.25) is 4.90 Å². The van der Waals surface area contributed by atoms with E-state index in [4.69, 9.17) is 33.0 Å². The summed E-state index contributed by atoms with van der Waals surface area (Å²) in [5.41, 5.74) is 0.660. The molecule has 6 heteroatoms. The number of halogens is 2. The molecule has 1 atom stereocenters. The number of hydrogen-bond acceptors (Lipinski definition) is 3. The van der Waals surface area contributed by atoms with Gasteiger partial charge in [-0.1, -0.05) is 29.3 Å². The number of benzene rings is 1. The van der Waals surface area contributed by atoms with Crippen molar-refractivity contribution in [2.24, 2.45) is 0 Å². The van der Waals surface area contributed by atoms with Gasteiger partial charge >= 0.3 is 6.09 Å². The van der Waals surface area contributed by atoms with Crippen LogP contribution in [0.25, 0.3) is 0 Å². The van der Waals surface area contributed by atoms with Crippen LogP contribution >= 0.6 is 23.2 Å². The minimum atomic E-state index is -0.458. The van der Waals surface area contributed by atoms with Crippen LogP contribution in [0.15, 0.2) is 18.2 Å². The zero-order valence-corrected chi connectivity index (χ0v) is 10.4. The first kappa shape index (κ1) is 12.5. The number of aliphatic hydroxyl groups excluding tert-OH is 1. The molecular weight excluding hydrogens is 265 g/mol. The molecule has 92 valence electrons. The molecule has 0 radical (unpaired) electrons. The molecule has 1 aliphatic heterocycles. The van der Waals surface area contributed by atoms with Crippen LogP contribution in [0.3, 0.4) is 0 Å². The number of ether oxygens (including phenoxy) is 1. The third-order valence-corrected chi connectivity index (χ3v) is 3.38. The van der Waals surface area contributed by atoms with E-state index in [1.165, 1.54) is 4.90 Å². The Kier molecular flexibility index (Phi) is 3.76. The number of cyclic esters (lactones) is 1. The second-order valence-corrected chi connectivity index (χ2v) is 4.56. The van der Waals surface area contributed by atoms with Crippen molar-refractivity contribution >= 4 is 29.3 Å². The Morgan fingerprint density at radius 3 is 2.65 bits per heavy atom. The summed E-state index contributed by atoms with van der Waals surface area (Å²) >= 11 is 12.0. The lowest BCUT2D eigenvalue weighted by atomic mass is 10.2. The standard InChI is InChI=1S/C11H11Cl2NO3/c12-9-2-1-3-10(13)8(9)4-14-7(5-15)6-17-11(14)16/h1-3,7,15H,4-6H2. The monoisotopic (exact) mass is 275 g/mol. The van der Waals surface area contributed by atoms with E-state index in [2.05, 4.69) is 0 Å². The molecule has 1 amide bonds. The fourth-order valence-corrected chi connectivity index (χ4v) is 2.21. The van der Waals surface area contributed by atoms with Gasteiger partial charge in [-0.25, -0.2) is 4.79 Å². The first-order chi connectivity index (χ1) is 8.13. The Balaban J connectivity index is 2.22.